The molecule has 5 heteroatoms. The van der Waals surface area contributed by atoms with Crippen LogP contribution >= 0.6 is 0 Å². The molecule has 0 bridgehead atoms. The van der Waals surface area contributed by atoms with Crippen LogP contribution in [0.15, 0.2) is 58.1 Å². The molecule has 0 saturated heterocycles. The summed E-state index contributed by atoms with van der Waals surface area (Å²) in [6.45, 7) is 2.39. The summed E-state index contributed by atoms with van der Waals surface area (Å²) >= 11 is 0. The van der Waals surface area contributed by atoms with Gasteiger partial charge in [-0.05, 0) is 24.6 Å². The standard InChI is InChI=1S/C17H16N2O3/c1-12-7-8-15-14(9-12)16(20)18-17(21)19(15)11-22-10-13-5-3-2-4-6-13/h2-9H,10-11H2,1H3,(H,18,20,21). The lowest BCUT2D eigenvalue weighted by molar-refractivity contribution is 0.0637. The molecule has 2 aromatic carbocycles. The van der Waals surface area contributed by atoms with Gasteiger partial charge in [0, 0.05) is 0 Å². The quantitative estimate of drug-likeness (QED) is 0.802. The van der Waals surface area contributed by atoms with Crippen molar-refractivity contribution in [3.8, 4) is 0 Å². The second kappa shape index (κ2) is 5.99. The summed E-state index contributed by atoms with van der Waals surface area (Å²) in [5, 5.41) is 0.489. The van der Waals surface area contributed by atoms with Crippen molar-refractivity contribution in [1.29, 1.82) is 0 Å². The Bertz CT molecular complexity index is 911. The normalized spacial score (nSPS) is 11.0. The van der Waals surface area contributed by atoms with E-state index in [2.05, 4.69) is 4.98 Å². The van der Waals surface area contributed by atoms with Crippen LogP contribution in [0.4, 0.5) is 0 Å². The number of rotatable bonds is 4. The number of aromatic nitrogens is 2. The first-order valence-corrected chi connectivity index (χ1v) is 7.00. The zero-order valence-corrected chi connectivity index (χ0v) is 12.2. The average molecular weight is 296 g/mol. The number of H-pyrrole nitrogens is 1. The van der Waals surface area contributed by atoms with Crippen molar-refractivity contribution in [2.75, 3.05) is 0 Å². The third kappa shape index (κ3) is 2.84. The SMILES string of the molecule is Cc1ccc2c(c1)c(=O)[nH]c(=O)n2COCc1ccccc1. The van der Waals surface area contributed by atoms with Crippen molar-refractivity contribution < 1.29 is 4.74 Å². The van der Waals surface area contributed by atoms with Gasteiger partial charge in [-0.25, -0.2) is 4.79 Å². The summed E-state index contributed by atoms with van der Waals surface area (Å²) in [5.74, 6) is 0. The van der Waals surface area contributed by atoms with E-state index in [-0.39, 0.29) is 12.3 Å². The lowest BCUT2D eigenvalue weighted by Gasteiger charge is -2.10. The number of aromatic amines is 1. The number of nitrogens with one attached hydrogen (secondary N) is 1. The summed E-state index contributed by atoms with van der Waals surface area (Å²) in [7, 11) is 0. The van der Waals surface area contributed by atoms with Gasteiger partial charge in [-0.15, -0.1) is 0 Å². The highest BCUT2D eigenvalue weighted by Crippen LogP contribution is 2.10. The number of nitrogens with zero attached hydrogens (tertiary/aromatic N) is 1. The first-order valence-electron chi connectivity index (χ1n) is 7.00. The van der Waals surface area contributed by atoms with E-state index >= 15 is 0 Å². The molecule has 3 rings (SSSR count). The van der Waals surface area contributed by atoms with Crippen molar-refractivity contribution in [2.24, 2.45) is 0 Å². The molecular weight excluding hydrogens is 280 g/mol. The molecular formula is C17H16N2O3. The predicted molar refractivity (Wildman–Crippen MR) is 84.8 cm³/mol. The Kier molecular flexibility index (Phi) is 3.89. The number of fused-ring (bicyclic) bond motifs is 1. The zero-order valence-electron chi connectivity index (χ0n) is 12.2. The minimum absolute atomic E-state index is 0.0874. The van der Waals surface area contributed by atoms with Crippen LogP contribution in [0.3, 0.4) is 0 Å². The van der Waals surface area contributed by atoms with Gasteiger partial charge < -0.3 is 4.74 Å². The maximum atomic E-state index is 12.0. The first-order chi connectivity index (χ1) is 10.6. The summed E-state index contributed by atoms with van der Waals surface area (Å²) in [6.07, 6.45) is 0. The summed E-state index contributed by atoms with van der Waals surface area (Å²) in [4.78, 5) is 26.2. The average Bonchev–Trinajstić information content (AvgIpc) is 2.52. The van der Waals surface area contributed by atoms with Gasteiger partial charge in [0.1, 0.15) is 6.73 Å². The molecule has 112 valence electrons. The van der Waals surface area contributed by atoms with Crippen LogP contribution in [-0.2, 0) is 18.1 Å². The molecule has 0 amide bonds. The Balaban J connectivity index is 1.90. The minimum Gasteiger partial charge on any atom is -0.356 e. The highest BCUT2D eigenvalue weighted by Gasteiger charge is 2.07. The molecule has 3 aromatic rings. The second-order valence-corrected chi connectivity index (χ2v) is 5.17. The molecule has 1 N–H and O–H groups in total. The lowest BCUT2D eigenvalue weighted by Crippen LogP contribution is -2.31. The maximum absolute atomic E-state index is 12.0. The Morgan fingerprint density at radius 3 is 2.64 bits per heavy atom. The molecule has 0 aliphatic heterocycles. The highest BCUT2D eigenvalue weighted by atomic mass is 16.5. The highest BCUT2D eigenvalue weighted by molar-refractivity contribution is 5.78. The van der Waals surface area contributed by atoms with E-state index in [9.17, 15) is 9.59 Å². The zero-order chi connectivity index (χ0) is 15.5. The van der Waals surface area contributed by atoms with E-state index < -0.39 is 5.69 Å². The summed E-state index contributed by atoms with van der Waals surface area (Å²) in [5.41, 5.74) is 1.73. The Morgan fingerprint density at radius 1 is 1.09 bits per heavy atom. The van der Waals surface area contributed by atoms with Gasteiger partial charge >= 0.3 is 5.69 Å². The van der Waals surface area contributed by atoms with Gasteiger partial charge in [-0.2, -0.15) is 0 Å². The fourth-order valence-electron chi connectivity index (χ4n) is 2.37. The number of benzene rings is 2. The van der Waals surface area contributed by atoms with Gasteiger partial charge in [0.15, 0.2) is 0 Å². The van der Waals surface area contributed by atoms with Crippen molar-refractivity contribution in [3.63, 3.8) is 0 Å². The number of aryl methyl sites for hydroxylation is 1. The van der Waals surface area contributed by atoms with Crippen LogP contribution in [-0.4, -0.2) is 9.55 Å². The molecule has 1 heterocycles. The van der Waals surface area contributed by atoms with Crippen molar-refractivity contribution >= 4 is 10.9 Å². The van der Waals surface area contributed by atoms with E-state index in [1.807, 2.05) is 43.3 Å². The van der Waals surface area contributed by atoms with Gasteiger partial charge in [-0.3, -0.25) is 14.3 Å². The second-order valence-electron chi connectivity index (χ2n) is 5.17. The summed E-state index contributed by atoms with van der Waals surface area (Å²) in [6, 6.07) is 15.1. The fraction of sp³-hybridized carbons (Fsp3) is 0.176. The lowest BCUT2D eigenvalue weighted by atomic mass is 10.2. The molecule has 0 radical (unpaired) electrons. The third-order valence-electron chi connectivity index (χ3n) is 3.49. The molecule has 0 fully saturated rings. The van der Waals surface area contributed by atoms with Gasteiger partial charge in [0.05, 0.1) is 17.5 Å². The van der Waals surface area contributed by atoms with Crippen LogP contribution in [0.1, 0.15) is 11.1 Å². The molecule has 22 heavy (non-hydrogen) atoms. The molecule has 0 spiro atoms. The van der Waals surface area contributed by atoms with E-state index in [1.54, 1.807) is 12.1 Å². The Hall–Kier alpha value is -2.66. The molecule has 0 saturated carbocycles. The molecule has 1 aromatic heterocycles. The van der Waals surface area contributed by atoms with E-state index in [1.165, 1.54) is 4.57 Å². The van der Waals surface area contributed by atoms with E-state index in [0.717, 1.165) is 11.1 Å². The van der Waals surface area contributed by atoms with Gasteiger partial charge in [-0.1, -0.05) is 42.0 Å². The molecule has 5 nitrogen and oxygen atoms in total. The Morgan fingerprint density at radius 2 is 1.86 bits per heavy atom. The van der Waals surface area contributed by atoms with Crippen molar-refractivity contribution in [2.45, 2.75) is 20.3 Å². The maximum Gasteiger partial charge on any atom is 0.330 e. The molecule has 0 aliphatic carbocycles. The Labute approximate surface area is 126 Å². The van der Waals surface area contributed by atoms with Gasteiger partial charge in [0.25, 0.3) is 5.56 Å². The van der Waals surface area contributed by atoms with Gasteiger partial charge in [0.2, 0.25) is 0 Å². The monoisotopic (exact) mass is 296 g/mol. The predicted octanol–water partition coefficient (Wildman–Crippen LogP) is 2.17. The molecule has 0 unspecified atom stereocenters. The molecule has 0 atom stereocenters. The fourth-order valence-corrected chi connectivity index (χ4v) is 2.37. The van der Waals surface area contributed by atoms with E-state index in [0.29, 0.717) is 17.5 Å². The van der Waals surface area contributed by atoms with E-state index in [4.69, 9.17) is 4.74 Å². The van der Waals surface area contributed by atoms with Crippen LogP contribution in [0, 0.1) is 6.92 Å². The topological polar surface area (TPSA) is 64.1 Å². The van der Waals surface area contributed by atoms with Crippen molar-refractivity contribution in [1.82, 2.24) is 9.55 Å². The summed E-state index contributed by atoms with van der Waals surface area (Å²) < 4.78 is 7.04. The van der Waals surface area contributed by atoms with Crippen LogP contribution in [0.25, 0.3) is 10.9 Å². The number of hydrogen-bond donors (Lipinski definition) is 1. The van der Waals surface area contributed by atoms with Crippen LogP contribution in [0.2, 0.25) is 0 Å². The van der Waals surface area contributed by atoms with Crippen molar-refractivity contribution in [3.05, 3.63) is 80.5 Å². The van der Waals surface area contributed by atoms with Crippen LogP contribution < -0.4 is 11.2 Å². The molecule has 0 aliphatic rings. The smallest absolute Gasteiger partial charge is 0.330 e. The number of ether oxygens (including phenoxy) is 1. The third-order valence-corrected chi connectivity index (χ3v) is 3.49. The largest absolute Gasteiger partial charge is 0.356 e. The first kappa shape index (κ1) is 14.3. The minimum atomic E-state index is -0.464. The number of hydrogen-bond acceptors (Lipinski definition) is 3. The van der Waals surface area contributed by atoms with Crippen LogP contribution in [0.5, 0.6) is 0 Å².